The van der Waals surface area contributed by atoms with Gasteiger partial charge in [-0.3, -0.25) is 9.59 Å². The van der Waals surface area contributed by atoms with E-state index in [1.165, 1.54) is 0 Å². The van der Waals surface area contributed by atoms with Gasteiger partial charge < -0.3 is 14.6 Å². The number of benzene rings is 1. The lowest BCUT2D eigenvalue weighted by Crippen LogP contribution is -2.37. The number of halogens is 1. The van der Waals surface area contributed by atoms with Crippen molar-refractivity contribution in [2.75, 3.05) is 6.54 Å². The summed E-state index contributed by atoms with van der Waals surface area (Å²) in [7, 11) is 0. The summed E-state index contributed by atoms with van der Waals surface area (Å²) in [5.41, 5.74) is 1.23. The number of rotatable bonds is 3. The molecule has 0 radical (unpaired) electrons. The first kappa shape index (κ1) is 15.7. The lowest BCUT2D eigenvalue weighted by atomic mass is 10.0. The summed E-state index contributed by atoms with van der Waals surface area (Å²) in [6, 6.07) is 7.34. The van der Waals surface area contributed by atoms with Gasteiger partial charge in [0.15, 0.2) is 0 Å². The van der Waals surface area contributed by atoms with E-state index in [9.17, 15) is 9.59 Å². The second-order valence-corrected chi connectivity index (χ2v) is 6.53. The van der Waals surface area contributed by atoms with E-state index in [4.69, 9.17) is 5.11 Å². The first-order valence-electron chi connectivity index (χ1n) is 7.31. The van der Waals surface area contributed by atoms with Gasteiger partial charge in [-0.1, -0.05) is 15.9 Å². The van der Waals surface area contributed by atoms with Crippen molar-refractivity contribution in [1.29, 1.82) is 0 Å². The molecule has 1 aliphatic rings. The van der Waals surface area contributed by atoms with Gasteiger partial charge in [-0.05, 0) is 37.6 Å². The van der Waals surface area contributed by atoms with E-state index in [1.54, 1.807) is 28.9 Å². The highest BCUT2D eigenvalue weighted by atomic mass is 79.9. The highest BCUT2D eigenvalue weighted by Gasteiger charge is 2.38. The van der Waals surface area contributed by atoms with Gasteiger partial charge in [0.25, 0.3) is 5.91 Å². The number of carbonyl (C=O) groups excluding carboxylic acids is 1. The summed E-state index contributed by atoms with van der Waals surface area (Å²) in [6.07, 6.45) is 3.74. The van der Waals surface area contributed by atoms with Gasteiger partial charge in [0, 0.05) is 28.9 Å². The predicted molar refractivity (Wildman–Crippen MR) is 87.5 cm³/mol. The summed E-state index contributed by atoms with van der Waals surface area (Å²) in [5, 5.41) is 9.17. The maximum atomic E-state index is 12.6. The maximum Gasteiger partial charge on any atom is 0.308 e. The minimum absolute atomic E-state index is 0.225. The van der Waals surface area contributed by atoms with Crippen molar-refractivity contribution in [3.8, 4) is 5.69 Å². The summed E-state index contributed by atoms with van der Waals surface area (Å²) < 4.78 is 2.75. The molecule has 120 valence electrons. The summed E-state index contributed by atoms with van der Waals surface area (Å²) in [6.45, 7) is 2.22. The quantitative estimate of drug-likeness (QED) is 0.891. The molecule has 2 unspecified atom stereocenters. The number of aliphatic carboxylic acids is 1. The minimum Gasteiger partial charge on any atom is -0.481 e. The average Bonchev–Trinajstić information content (AvgIpc) is 3.14. The van der Waals surface area contributed by atoms with Crippen LogP contribution in [0.2, 0.25) is 0 Å². The van der Waals surface area contributed by atoms with Crippen LogP contribution < -0.4 is 0 Å². The van der Waals surface area contributed by atoms with Crippen molar-refractivity contribution < 1.29 is 14.7 Å². The van der Waals surface area contributed by atoms with Crippen LogP contribution in [0.1, 0.15) is 23.8 Å². The Hall–Kier alpha value is -2.15. The van der Waals surface area contributed by atoms with Crippen molar-refractivity contribution in [3.63, 3.8) is 0 Å². The Morgan fingerprint density at radius 2 is 2.00 bits per heavy atom. The molecule has 1 N–H and O–H groups in total. The third-order valence-electron chi connectivity index (χ3n) is 4.26. The van der Waals surface area contributed by atoms with Crippen LogP contribution in [0, 0.1) is 5.92 Å². The Balaban J connectivity index is 1.79. The Bertz CT molecular complexity index is 741. The van der Waals surface area contributed by atoms with Crippen LogP contribution in [0.15, 0.2) is 41.3 Å². The zero-order valence-corrected chi connectivity index (χ0v) is 14.1. The second-order valence-electron chi connectivity index (χ2n) is 5.62. The van der Waals surface area contributed by atoms with Gasteiger partial charge in [-0.2, -0.15) is 0 Å². The lowest BCUT2D eigenvalue weighted by molar-refractivity contribution is -0.142. The molecule has 0 spiro atoms. The number of carboxylic acid groups (broad SMARTS) is 1. The van der Waals surface area contributed by atoms with Crippen LogP contribution >= 0.6 is 15.9 Å². The van der Waals surface area contributed by atoms with E-state index in [1.807, 2.05) is 24.3 Å². The molecule has 1 saturated heterocycles. The minimum atomic E-state index is -0.854. The molecule has 2 heterocycles. The molecule has 2 atom stereocenters. The molecule has 1 aromatic carbocycles. The fourth-order valence-corrected chi connectivity index (χ4v) is 3.16. The van der Waals surface area contributed by atoms with Crippen LogP contribution in [0.3, 0.4) is 0 Å². The van der Waals surface area contributed by atoms with Gasteiger partial charge in [-0.25, -0.2) is 4.98 Å². The van der Waals surface area contributed by atoms with Gasteiger partial charge in [0.05, 0.1) is 5.92 Å². The van der Waals surface area contributed by atoms with Gasteiger partial charge in [0.1, 0.15) is 12.0 Å². The normalized spacial score (nSPS) is 20.7. The highest BCUT2D eigenvalue weighted by Crippen LogP contribution is 2.26. The Morgan fingerprint density at radius 1 is 1.30 bits per heavy atom. The number of carboxylic acids is 1. The van der Waals surface area contributed by atoms with Gasteiger partial charge in [0.2, 0.25) is 0 Å². The molecule has 7 heteroatoms. The van der Waals surface area contributed by atoms with E-state index >= 15 is 0 Å². The maximum absolute atomic E-state index is 12.6. The van der Waals surface area contributed by atoms with Crippen molar-refractivity contribution in [2.45, 2.75) is 19.4 Å². The molecular formula is C16H16BrN3O3. The molecular weight excluding hydrogens is 362 g/mol. The molecule has 2 aromatic rings. The Kier molecular flexibility index (Phi) is 4.21. The molecule has 0 aliphatic carbocycles. The standard InChI is InChI=1S/C16H16BrN3O3/c1-10-13(16(22)23)6-7-20(10)15(21)14-8-19(9-18-14)12-4-2-11(17)3-5-12/h2-5,8-10,13H,6-7H2,1H3,(H,22,23). The third kappa shape index (κ3) is 3.01. The highest BCUT2D eigenvalue weighted by molar-refractivity contribution is 9.10. The topological polar surface area (TPSA) is 75.4 Å². The summed E-state index contributed by atoms with van der Waals surface area (Å²) in [4.78, 5) is 29.5. The Morgan fingerprint density at radius 3 is 2.61 bits per heavy atom. The van der Waals surface area contributed by atoms with Crippen molar-refractivity contribution >= 4 is 27.8 Å². The second kappa shape index (κ2) is 6.16. The SMILES string of the molecule is CC1C(C(=O)O)CCN1C(=O)c1cn(-c2ccc(Br)cc2)cn1. The largest absolute Gasteiger partial charge is 0.481 e. The number of carbonyl (C=O) groups is 2. The van der Waals surface area contributed by atoms with E-state index in [0.29, 0.717) is 18.7 Å². The zero-order valence-electron chi connectivity index (χ0n) is 12.5. The number of likely N-dealkylation sites (tertiary alicyclic amines) is 1. The van der Waals surface area contributed by atoms with E-state index < -0.39 is 11.9 Å². The van der Waals surface area contributed by atoms with Crippen molar-refractivity contribution in [3.05, 3.63) is 47.0 Å². The summed E-state index contributed by atoms with van der Waals surface area (Å²) in [5.74, 6) is -1.59. The number of nitrogens with zero attached hydrogens (tertiary/aromatic N) is 3. The molecule has 23 heavy (non-hydrogen) atoms. The van der Waals surface area contributed by atoms with Crippen molar-refractivity contribution in [2.24, 2.45) is 5.92 Å². The smallest absolute Gasteiger partial charge is 0.308 e. The molecule has 6 nitrogen and oxygen atoms in total. The predicted octanol–water partition coefficient (Wildman–Crippen LogP) is 2.57. The van der Waals surface area contributed by atoms with Crippen LogP contribution in [-0.2, 0) is 4.79 Å². The third-order valence-corrected chi connectivity index (χ3v) is 4.79. The average molecular weight is 378 g/mol. The molecule has 0 saturated carbocycles. The summed E-state index contributed by atoms with van der Waals surface area (Å²) >= 11 is 3.38. The first-order chi connectivity index (χ1) is 11.0. The molecule has 0 bridgehead atoms. The number of amides is 1. The van der Waals surface area contributed by atoms with Crippen LogP contribution in [0.4, 0.5) is 0 Å². The fourth-order valence-electron chi connectivity index (χ4n) is 2.89. The zero-order chi connectivity index (χ0) is 16.6. The lowest BCUT2D eigenvalue weighted by Gasteiger charge is -2.22. The fraction of sp³-hybridized carbons (Fsp3) is 0.312. The number of hydrogen-bond acceptors (Lipinski definition) is 3. The molecule has 1 amide bonds. The van der Waals surface area contributed by atoms with Gasteiger partial charge in [-0.15, -0.1) is 0 Å². The molecule has 1 aromatic heterocycles. The first-order valence-corrected chi connectivity index (χ1v) is 8.10. The number of hydrogen-bond donors (Lipinski definition) is 1. The molecule has 1 fully saturated rings. The number of aromatic nitrogens is 2. The van der Waals surface area contributed by atoms with Gasteiger partial charge >= 0.3 is 5.97 Å². The molecule has 3 rings (SSSR count). The number of imidazole rings is 1. The monoisotopic (exact) mass is 377 g/mol. The van der Waals surface area contributed by atoms with E-state index in [0.717, 1.165) is 10.2 Å². The molecule has 1 aliphatic heterocycles. The van der Waals surface area contributed by atoms with Crippen LogP contribution in [-0.4, -0.2) is 44.0 Å². The van der Waals surface area contributed by atoms with E-state index in [-0.39, 0.29) is 11.9 Å². The van der Waals surface area contributed by atoms with E-state index in [2.05, 4.69) is 20.9 Å². The van der Waals surface area contributed by atoms with Crippen LogP contribution in [0.25, 0.3) is 5.69 Å². The van der Waals surface area contributed by atoms with Crippen LogP contribution in [0.5, 0.6) is 0 Å². The van der Waals surface area contributed by atoms with Crippen molar-refractivity contribution in [1.82, 2.24) is 14.5 Å². The Labute approximate surface area is 141 Å².